The van der Waals surface area contributed by atoms with Crippen LogP contribution in [0, 0.1) is 0 Å². The highest BCUT2D eigenvalue weighted by Gasteiger charge is 2.36. The van der Waals surface area contributed by atoms with Gasteiger partial charge in [-0.1, -0.05) is 31.7 Å². The van der Waals surface area contributed by atoms with Crippen LogP contribution in [0.15, 0.2) is 35.8 Å². The summed E-state index contributed by atoms with van der Waals surface area (Å²) in [6.07, 6.45) is 1.84. The van der Waals surface area contributed by atoms with Crippen molar-refractivity contribution in [3.8, 4) is 0 Å². The van der Waals surface area contributed by atoms with Crippen LogP contribution < -0.4 is 0 Å². The van der Waals surface area contributed by atoms with Crippen LogP contribution in [-0.2, 0) is 4.43 Å². The molecule has 1 aromatic rings. The van der Waals surface area contributed by atoms with Crippen LogP contribution in [-0.4, -0.2) is 20.8 Å². The Bertz CT molecular complexity index is 448. The molecule has 1 aliphatic heterocycles. The molecule has 1 aliphatic rings. The predicted molar refractivity (Wildman–Crippen MR) is 75.9 cm³/mol. The Labute approximate surface area is 104 Å². The topological polar surface area (TPSA) is 21.6 Å². The average molecular weight is 245 g/mol. The molecule has 0 saturated carbocycles. The van der Waals surface area contributed by atoms with Crippen molar-refractivity contribution in [3.05, 3.63) is 42.0 Å². The van der Waals surface area contributed by atoms with Crippen molar-refractivity contribution >= 4 is 20.3 Å². The van der Waals surface area contributed by atoms with Gasteiger partial charge in [0, 0.05) is 17.6 Å². The van der Waals surface area contributed by atoms with Gasteiger partial charge in [-0.2, -0.15) is 0 Å². The maximum absolute atomic E-state index is 6.11. The lowest BCUT2D eigenvalue weighted by molar-refractivity contribution is 0.498. The molecular formula is C14H19NOSi. The molecule has 17 heavy (non-hydrogen) atoms. The SMILES string of the molecule is C=Cc1ccc(C2=NCC(C)[Si](C)(C)O2)cc1. The minimum atomic E-state index is -1.61. The molecule has 0 fully saturated rings. The molecule has 0 aliphatic carbocycles. The molecule has 0 amide bonds. The third-order valence-corrected chi connectivity index (χ3v) is 6.72. The van der Waals surface area contributed by atoms with E-state index in [0.717, 1.165) is 23.6 Å². The lowest BCUT2D eigenvalue weighted by Crippen LogP contribution is -2.42. The molecule has 1 atom stereocenters. The van der Waals surface area contributed by atoms with E-state index in [0.29, 0.717) is 5.54 Å². The summed E-state index contributed by atoms with van der Waals surface area (Å²) in [5.41, 5.74) is 2.77. The normalized spacial score (nSPS) is 22.5. The van der Waals surface area contributed by atoms with Crippen molar-refractivity contribution in [2.24, 2.45) is 4.99 Å². The first kappa shape index (κ1) is 12.1. The molecule has 2 nitrogen and oxygen atoms in total. The average Bonchev–Trinajstić information content (AvgIpc) is 2.33. The Kier molecular flexibility index (Phi) is 3.20. The second-order valence-corrected chi connectivity index (χ2v) is 9.48. The molecule has 1 aromatic carbocycles. The van der Waals surface area contributed by atoms with Gasteiger partial charge in [0.1, 0.15) is 0 Å². The zero-order valence-corrected chi connectivity index (χ0v) is 11.7. The van der Waals surface area contributed by atoms with Gasteiger partial charge in [0.15, 0.2) is 0 Å². The lowest BCUT2D eigenvalue weighted by Gasteiger charge is -2.34. The molecule has 0 saturated heterocycles. The van der Waals surface area contributed by atoms with Gasteiger partial charge in [0.25, 0.3) is 8.32 Å². The summed E-state index contributed by atoms with van der Waals surface area (Å²) in [4.78, 5) is 4.54. The van der Waals surface area contributed by atoms with Gasteiger partial charge in [-0.3, -0.25) is 4.99 Å². The van der Waals surface area contributed by atoms with E-state index in [1.54, 1.807) is 0 Å². The second kappa shape index (κ2) is 4.49. The standard InChI is InChI=1S/C14H19NOSi/c1-5-12-6-8-13(9-7-12)14-15-10-11(2)17(3,4)16-14/h5-9,11H,1,10H2,2-4H3. The van der Waals surface area contributed by atoms with Gasteiger partial charge in [0.05, 0.1) is 0 Å². The molecule has 2 rings (SSSR count). The molecule has 0 N–H and O–H groups in total. The van der Waals surface area contributed by atoms with Crippen molar-refractivity contribution < 1.29 is 4.43 Å². The van der Waals surface area contributed by atoms with Crippen molar-refractivity contribution in [2.45, 2.75) is 25.6 Å². The number of hydrogen-bond donors (Lipinski definition) is 0. The van der Waals surface area contributed by atoms with Crippen LogP contribution in [0.3, 0.4) is 0 Å². The van der Waals surface area contributed by atoms with E-state index in [2.05, 4.69) is 43.7 Å². The molecule has 1 unspecified atom stereocenters. The number of hydrogen-bond acceptors (Lipinski definition) is 2. The molecule has 0 bridgehead atoms. The molecule has 90 valence electrons. The number of benzene rings is 1. The Balaban J connectivity index is 2.25. The molecule has 0 radical (unpaired) electrons. The fourth-order valence-corrected chi connectivity index (χ4v) is 3.15. The Morgan fingerprint density at radius 3 is 2.53 bits per heavy atom. The summed E-state index contributed by atoms with van der Waals surface area (Å²) in [6.45, 7) is 11.4. The summed E-state index contributed by atoms with van der Waals surface area (Å²) in [6, 6.07) is 8.19. The van der Waals surface area contributed by atoms with E-state index in [-0.39, 0.29) is 0 Å². The van der Waals surface area contributed by atoms with Crippen LogP contribution in [0.5, 0.6) is 0 Å². The van der Waals surface area contributed by atoms with Crippen molar-refractivity contribution in [1.29, 1.82) is 0 Å². The van der Waals surface area contributed by atoms with E-state index in [9.17, 15) is 0 Å². The van der Waals surface area contributed by atoms with E-state index in [4.69, 9.17) is 4.43 Å². The van der Waals surface area contributed by atoms with Crippen LogP contribution in [0.1, 0.15) is 18.1 Å². The largest absolute Gasteiger partial charge is 0.531 e. The predicted octanol–water partition coefficient (Wildman–Crippen LogP) is 3.70. The maximum atomic E-state index is 6.11. The highest BCUT2D eigenvalue weighted by atomic mass is 28.4. The smallest absolute Gasteiger partial charge is 0.251 e. The highest BCUT2D eigenvalue weighted by molar-refractivity contribution is 6.74. The minimum absolute atomic E-state index is 0.582. The summed E-state index contributed by atoms with van der Waals surface area (Å²) < 4.78 is 6.11. The van der Waals surface area contributed by atoms with Gasteiger partial charge in [-0.15, -0.1) is 0 Å². The Morgan fingerprint density at radius 1 is 1.35 bits per heavy atom. The number of nitrogens with zero attached hydrogens (tertiary/aromatic N) is 1. The van der Waals surface area contributed by atoms with Crippen LogP contribution >= 0.6 is 0 Å². The summed E-state index contributed by atoms with van der Waals surface area (Å²) in [5.74, 6) is 0.815. The van der Waals surface area contributed by atoms with Crippen LogP contribution in [0.25, 0.3) is 6.08 Å². The summed E-state index contributed by atoms with van der Waals surface area (Å²) in [5, 5.41) is 0. The first-order chi connectivity index (χ1) is 8.03. The molecule has 1 heterocycles. The minimum Gasteiger partial charge on any atom is -0.531 e. The monoisotopic (exact) mass is 245 g/mol. The van der Waals surface area contributed by atoms with Crippen molar-refractivity contribution in [3.63, 3.8) is 0 Å². The van der Waals surface area contributed by atoms with Crippen LogP contribution in [0.2, 0.25) is 18.6 Å². The van der Waals surface area contributed by atoms with Crippen molar-refractivity contribution in [2.75, 3.05) is 6.54 Å². The Morgan fingerprint density at radius 2 is 2.00 bits per heavy atom. The molecule has 0 spiro atoms. The van der Waals surface area contributed by atoms with Gasteiger partial charge in [-0.25, -0.2) is 0 Å². The first-order valence-corrected chi connectivity index (χ1v) is 8.98. The number of rotatable bonds is 2. The van der Waals surface area contributed by atoms with E-state index >= 15 is 0 Å². The van der Waals surface area contributed by atoms with Gasteiger partial charge in [-0.05, 0) is 30.8 Å². The molecular weight excluding hydrogens is 226 g/mol. The third kappa shape index (κ3) is 2.49. The van der Waals surface area contributed by atoms with E-state index in [1.807, 2.05) is 18.2 Å². The molecule has 3 heteroatoms. The fraction of sp³-hybridized carbons (Fsp3) is 0.357. The quantitative estimate of drug-likeness (QED) is 0.728. The van der Waals surface area contributed by atoms with Gasteiger partial charge in [0.2, 0.25) is 5.90 Å². The van der Waals surface area contributed by atoms with E-state index in [1.165, 1.54) is 0 Å². The zero-order valence-electron chi connectivity index (χ0n) is 10.7. The summed E-state index contributed by atoms with van der Waals surface area (Å²) >= 11 is 0. The van der Waals surface area contributed by atoms with Gasteiger partial charge >= 0.3 is 0 Å². The highest BCUT2D eigenvalue weighted by Crippen LogP contribution is 2.28. The van der Waals surface area contributed by atoms with Crippen molar-refractivity contribution in [1.82, 2.24) is 0 Å². The third-order valence-electron chi connectivity index (χ3n) is 3.45. The number of aliphatic imine (C=N–C) groups is 1. The Hall–Kier alpha value is -1.35. The summed E-state index contributed by atoms with van der Waals surface area (Å²) in [7, 11) is -1.61. The van der Waals surface area contributed by atoms with Gasteiger partial charge < -0.3 is 4.43 Å². The lowest BCUT2D eigenvalue weighted by atomic mass is 10.1. The van der Waals surface area contributed by atoms with E-state index < -0.39 is 8.32 Å². The fourth-order valence-electron chi connectivity index (χ4n) is 1.73. The second-order valence-electron chi connectivity index (χ2n) is 5.08. The van der Waals surface area contributed by atoms with Crippen LogP contribution in [0.4, 0.5) is 0 Å². The zero-order chi connectivity index (χ0) is 12.5. The molecule has 0 aromatic heterocycles. The first-order valence-electron chi connectivity index (χ1n) is 5.99. The maximum Gasteiger partial charge on any atom is 0.251 e.